The molecule has 7 nitrogen and oxygen atoms in total. The van der Waals surface area contributed by atoms with Crippen molar-refractivity contribution in [3.05, 3.63) is 60.2 Å². The van der Waals surface area contributed by atoms with E-state index in [9.17, 15) is 13.2 Å². The zero-order valence-electron chi connectivity index (χ0n) is 21.0. The lowest BCUT2D eigenvalue weighted by Crippen LogP contribution is -2.41. The molecule has 0 bridgehead atoms. The Balaban J connectivity index is 1.28. The maximum absolute atomic E-state index is 13.0. The highest BCUT2D eigenvalue weighted by molar-refractivity contribution is 7.89. The summed E-state index contributed by atoms with van der Waals surface area (Å²) in [7, 11) is -3.46. The number of benzene rings is 2. The SMILES string of the molecule is CC(C)c1ccc(NC(=O)C2CCCN(c3ccc4cc(S(=O)(=O)N5CCCC5)ccc4n3)C2)cc1. The second kappa shape index (κ2) is 10.2. The van der Waals surface area contributed by atoms with Crippen LogP contribution in [0.25, 0.3) is 10.9 Å². The number of carbonyl (C=O) groups is 1. The average Bonchev–Trinajstić information content (AvgIpc) is 3.45. The molecule has 2 aliphatic rings. The van der Waals surface area contributed by atoms with Gasteiger partial charge in [0.05, 0.1) is 16.3 Å². The molecule has 3 heterocycles. The van der Waals surface area contributed by atoms with E-state index in [0.29, 0.717) is 30.4 Å². The Morgan fingerprint density at radius 1 is 0.972 bits per heavy atom. The molecule has 1 amide bonds. The molecule has 0 aliphatic carbocycles. The topological polar surface area (TPSA) is 82.6 Å². The molecule has 8 heteroatoms. The number of rotatable bonds is 6. The second-order valence-corrected chi connectivity index (χ2v) is 12.1. The van der Waals surface area contributed by atoms with Crippen LogP contribution in [0.15, 0.2) is 59.5 Å². The number of pyridine rings is 1. The van der Waals surface area contributed by atoms with Crippen LogP contribution in [0.5, 0.6) is 0 Å². The van der Waals surface area contributed by atoms with Crippen LogP contribution in [-0.4, -0.2) is 49.8 Å². The van der Waals surface area contributed by atoms with Crippen molar-refractivity contribution in [2.24, 2.45) is 5.92 Å². The summed E-state index contributed by atoms with van der Waals surface area (Å²) >= 11 is 0. The van der Waals surface area contributed by atoms with Crippen LogP contribution in [0.2, 0.25) is 0 Å². The summed E-state index contributed by atoms with van der Waals surface area (Å²) in [5.74, 6) is 1.19. The molecule has 5 rings (SSSR count). The molecule has 1 N–H and O–H groups in total. The summed E-state index contributed by atoms with van der Waals surface area (Å²) in [4.78, 5) is 20.3. The first-order chi connectivity index (χ1) is 17.3. The van der Waals surface area contributed by atoms with Gasteiger partial charge < -0.3 is 10.2 Å². The minimum atomic E-state index is -3.46. The Bertz CT molecular complexity index is 1350. The van der Waals surface area contributed by atoms with E-state index >= 15 is 0 Å². The molecule has 2 fully saturated rings. The molecule has 1 unspecified atom stereocenters. The molecule has 3 aromatic rings. The summed E-state index contributed by atoms with van der Waals surface area (Å²) < 4.78 is 27.4. The lowest BCUT2D eigenvalue weighted by molar-refractivity contribution is -0.120. The van der Waals surface area contributed by atoms with Crippen LogP contribution >= 0.6 is 0 Å². The summed E-state index contributed by atoms with van der Waals surface area (Å²) in [5, 5.41) is 3.88. The maximum Gasteiger partial charge on any atom is 0.243 e. The van der Waals surface area contributed by atoms with E-state index < -0.39 is 10.0 Å². The highest BCUT2D eigenvalue weighted by Crippen LogP contribution is 2.28. The van der Waals surface area contributed by atoms with E-state index in [1.807, 2.05) is 24.3 Å². The minimum Gasteiger partial charge on any atom is -0.356 e. The third kappa shape index (κ3) is 5.11. The number of hydrogen-bond donors (Lipinski definition) is 1. The zero-order valence-corrected chi connectivity index (χ0v) is 21.8. The summed E-state index contributed by atoms with van der Waals surface area (Å²) in [6.45, 7) is 6.93. The molecule has 2 aliphatic heterocycles. The number of fused-ring (bicyclic) bond motifs is 1. The quantitative estimate of drug-likeness (QED) is 0.509. The van der Waals surface area contributed by atoms with Crippen molar-refractivity contribution in [2.45, 2.75) is 50.3 Å². The standard InChI is InChI=1S/C28H34N4O3S/c1-20(2)21-7-10-24(11-8-21)29-28(33)23-6-5-15-31(19-23)27-14-9-22-18-25(12-13-26(22)30-27)36(34,35)32-16-3-4-17-32/h7-14,18,20,23H,3-6,15-17,19H2,1-2H3,(H,29,33). The Morgan fingerprint density at radius 2 is 1.72 bits per heavy atom. The lowest BCUT2D eigenvalue weighted by atomic mass is 9.96. The van der Waals surface area contributed by atoms with Crippen molar-refractivity contribution in [3.8, 4) is 0 Å². The number of nitrogens with one attached hydrogen (secondary N) is 1. The molecule has 0 radical (unpaired) electrons. The van der Waals surface area contributed by atoms with E-state index in [1.165, 1.54) is 5.56 Å². The predicted octanol–water partition coefficient (Wildman–Crippen LogP) is 5.00. The molecule has 0 spiro atoms. The summed E-state index contributed by atoms with van der Waals surface area (Å²) in [5.41, 5.74) is 2.83. The number of amides is 1. The van der Waals surface area contributed by atoms with Gasteiger partial charge in [-0.2, -0.15) is 4.31 Å². The fourth-order valence-corrected chi connectivity index (χ4v) is 6.65. The Hall–Kier alpha value is -2.97. The van der Waals surface area contributed by atoms with Gasteiger partial charge in [-0.05, 0) is 79.6 Å². The van der Waals surface area contributed by atoms with Crippen molar-refractivity contribution >= 4 is 38.3 Å². The maximum atomic E-state index is 13.0. The largest absolute Gasteiger partial charge is 0.356 e. The summed E-state index contributed by atoms with van der Waals surface area (Å²) in [6, 6.07) is 17.1. The number of anilines is 2. The van der Waals surface area contributed by atoms with Crippen molar-refractivity contribution in [2.75, 3.05) is 36.4 Å². The minimum absolute atomic E-state index is 0.0366. The normalized spacial score (nSPS) is 19.2. The number of nitrogens with zero attached hydrogens (tertiary/aromatic N) is 3. The van der Waals surface area contributed by atoms with E-state index in [0.717, 1.165) is 54.6 Å². The van der Waals surface area contributed by atoms with Crippen molar-refractivity contribution in [1.29, 1.82) is 0 Å². The third-order valence-electron chi connectivity index (χ3n) is 7.31. The summed E-state index contributed by atoms with van der Waals surface area (Å²) in [6.07, 6.45) is 3.59. The molecule has 1 atom stereocenters. The van der Waals surface area contributed by atoms with Gasteiger partial charge >= 0.3 is 0 Å². The van der Waals surface area contributed by atoms with Crippen LogP contribution < -0.4 is 10.2 Å². The van der Waals surface area contributed by atoms with Gasteiger partial charge in [-0.3, -0.25) is 4.79 Å². The number of sulfonamides is 1. The van der Waals surface area contributed by atoms with E-state index in [2.05, 4.69) is 36.2 Å². The Labute approximate surface area is 213 Å². The molecule has 1 aromatic heterocycles. The number of aromatic nitrogens is 1. The van der Waals surface area contributed by atoms with Crippen LogP contribution in [0.3, 0.4) is 0 Å². The number of piperidine rings is 1. The molecule has 190 valence electrons. The van der Waals surface area contributed by atoms with E-state index in [4.69, 9.17) is 4.98 Å². The van der Waals surface area contributed by atoms with Crippen LogP contribution in [0.1, 0.15) is 51.0 Å². The lowest BCUT2D eigenvalue weighted by Gasteiger charge is -2.33. The highest BCUT2D eigenvalue weighted by Gasteiger charge is 2.28. The Kier molecular flexibility index (Phi) is 6.99. The molecule has 0 saturated carbocycles. The van der Waals surface area contributed by atoms with Gasteiger partial charge in [-0.1, -0.05) is 26.0 Å². The fraction of sp³-hybridized carbons (Fsp3) is 0.429. The van der Waals surface area contributed by atoms with Gasteiger partial charge in [0, 0.05) is 37.3 Å². The highest BCUT2D eigenvalue weighted by atomic mass is 32.2. The second-order valence-electron chi connectivity index (χ2n) is 10.2. The molecular weight excluding hydrogens is 472 g/mol. The van der Waals surface area contributed by atoms with Gasteiger partial charge in [0.2, 0.25) is 15.9 Å². The van der Waals surface area contributed by atoms with E-state index in [-0.39, 0.29) is 11.8 Å². The smallest absolute Gasteiger partial charge is 0.243 e. The van der Waals surface area contributed by atoms with Gasteiger partial charge in [-0.15, -0.1) is 0 Å². The monoisotopic (exact) mass is 506 g/mol. The first-order valence-electron chi connectivity index (χ1n) is 12.9. The van der Waals surface area contributed by atoms with E-state index in [1.54, 1.807) is 22.5 Å². The van der Waals surface area contributed by atoms with Gasteiger partial charge in [0.1, 0.15) is 5.82 Å². The predicted molar refractivity (Wildman–Crippen MR) is 144 cm³/mol. The average molecular weight is 507 g/mol. The van der Waals surface area contributed by atoms with Gasteiger partial charge in [0.25, 0.3) is 0 Å². The molecule has 36 heavy (non-hydrogen) atoms. The van der Waals surface area contributed by atoms with Crippen molar-refractivity contribution in [1.82, 2.24) is 9.29 Å². The fourth-order valence-electron chi connectivity index (χ4n) is 5.10. The van der Waals surface area contributed by atoms with Crippen molar-refractivity contribution < 1.29 is 13.2 Å². The molecule has 2 saturated heterocycles. The van der Waals surface area contributed by atoms with Crippen LogP contribution in [0.4, 0.5) is 11.5 Å². The third-order valence-corrected chi connectivity index (χ3v) is 9.20. The van der Waals surface area contributed by atoms with Gasteiger partial charge in [0.15, 0.2) is 0 Å². The van der Waals surface area contributed by atoms with Gasteiger partial charge in [-0.25, -0.2) is 13.4 Å². The van der Waals surface area contributed by atoms with Crippen LogP contribution in [-0.2, 0) is 14.8 Å². The first-order valence-corrected chi connectivity index (χ1v) is 14.3. The molecular formula is C28H34N4O3S. The number of carbonyl (C=O) groups excluding carboxylic acids is 1. The first kappa shape index (κ1) is 24.7. The number of hydrogen-bond acceptors (Lipinski definition) is 5. The van der Waals surface area contributed by atoms with Crippen LogP contribution in [0, 0.1) is 5.92 Å². The Morgan fingerprint density at radius 3 is 2.44 bits per heavy atom. The zero-order chi connectivity index (χ0) is 25.3. The van der Waals surface area contributed by atoms with Crippen molar-refractivity contribution in [3.63, 3.8) is 0 Å². The molecule has 2 aromatic carbocycles.